The molecule has 0 fully saturated rings. The van der Waals surface area contributed by atoms with Gasteiger partial charge in [0.1, 0.15) is 5.69 Å². The second kappa shape index (κ2) is 8.16. The van der Waals surface area contributed by atoms with Crippen molar-refractivity contribution < 1.29 is 4.79 Å². The Labute approximate surface area is 184 Å². The summed E-state index contributed by atoms with van der Waals surface area (Å²) in [5.74, 6) is -0.164. The highest BCUT2D eigenvalue weighted by molar-refractivity contribution is 7.23. The molecule has 0 bridgehead atoms. The maximum Gasteiger partial charge on any atom is 0.278 e. The summed E-state index contributed by atoms with van der Waals surface area (Å²) in [4.78, 5) is 24.6. The summed E-state index contributed by atoms with van der Waals surface area (Å²) in [6.07, 6.45) is 1.72. The van der Waals surface area contributed by atoms with Crippen LogP contribution in [0.4, 0.5) is 5.13 Å². The molecule has 0 aliphatic carbocycles. The van der Waals surface area contributed by atoms with Crippen molar-refractivity contribution in [3.05, 3.63) is 70.3 Å². The third kappa shape index (κ3) is 3.82. The average molecular weight is 440 g/mol. The van der Waals surface area contributed by atoms with Gasteiger partial charge in [-0.3, -0.25) is 19.4 Å². The fraction of sp³-hybridized carbons (Fsp3) is 0.273. The maximum absolute atomic E-state index is 13.7. The van der Waals surface area contributed by atoms with Crippen molar-refractivity contribution in [1.82, 2.24) is 19.7 Å². The number of aryl methyl sites for hydroxylation is 2. The number of hydrogen-bond acceptors (Lipinski definition) is 5. The van der Waals surface area contributed by atoms with E-state index in [1.165, 1.54) is 11.3 Å². The molecule has 4 aromatic rings. The average Bonchev–Trinajstić information content (AvgIpc) is 3.34. The van der Waals surface area contributed by atoms with Gasteiger partial charge in [-0.1, -0.05) is 35.1 Å². The Morgan fingerprint density at radius 1 is 1.23 bits per heavy atom. The first-order valence-corrected chi connectivity index (χ1v) is 10.9. The van der Waals surface area contributed by atoms with Crippen LogP contribution in [-0.2, 0) is 6.54 Å². The number of benzene rings is 1. The number of rotatable bonds is 5. The van der Waals surface area contributed by atoms with Crippen molar-refractivity contribution in [2.75, 3.05) is 4.90 Å². The predicted molar refractivity (Wildman–Crippen MR) is 121 cm³/mol. The van der Waals surface area contributed by atoms with Crippen molar-refractivity contribution >= 4 is 44.2 Å². The highest BCUT2D eigenvalue weighted by Crippen LogP contribution is 2.36. The third-order valence-electron chi connectivity index (χ3n) is 4.77. The molecule has 0 saturated carbocycles. The molecule has 1 amide bonds. The van der Waals surface area contributed by atoms with Crippen molar-refractivity contribution in [3.8, 4) is 0 Å². The highest BCUT2D eigenvalue weighted by atomic mass is 35.5. The third-order valence-corrected chi connectivity index (χ3v) is 6.31. The molecule has 0 unspecified atom stereocenters. The lowest BCUT2D eigenvalue weighted by molar-refractivity contribution is 0.0972. The second-order valence-corrected chi connectivity index (χ2v) is 8.84. The van der Waals surface area contributed by atoms with Crippen LogP contribution < -0.4 is 4.90 Å². The molecule has 0 aliphatic rings. The summed E-state index contributed by atoms with van der Waals surface area (Å²) in [5, 5.41) is 5.72. The largest absolute Gasteiger partial charge is 0.278 e. The second-order valence-electron chi connectivity index (χ2n) is 7.46. The molecule has 0 radical (unpaired) electrons. The molecule has 0 aliphatic heterocycles. The van der Waals surface area contributed by atoms with Gasteiger partial charge in [-0.05, 0) is 57.5 Å². The number of hydrogen-bond donors (Lipinski definition) is 0. The molecule has 8 heteroatoms. The number of pyridine rings is 1. The zero-order valence-corrected chi connectivity index (χ0v) is 18.8. The molecule has 3 heterocycles. The number of anilines is 1. The normalized spacial score (nSPS) is 11.4. The Bertz CT molecular complexity index is 1180. The quantitative estimate of drug-likeness (QED) is 0.406. The lowest BCUT2D eigenvalue weighted by Gasteiger charge is -2.21. The maximum atomic E-state index is 13.7. The van der Waals surface area contributed by atoms with Crippen LogP contribution in [0.5, 0.6) is 0 Å². The number of aromatic nitrogens is 4. The molecule has 154 valence electrons. The van der Waals surface area contributed by atoms with Crippen molar-refractivity contribution in [3.63, 3.8) is 0 Å². The van der Waals surface area contributed by atoms with Gasteiger partial charge < -0.3 is 0 Å². The summed E-state index contributed by atoms with van der Waals surface area (Å²) in [6, 6.07) is 11.3. The minimum Gasteiger partial charge on any atom is -0.277 e. The number of halogens is 1. The molecule has 1 aromatic carbocycles. The number of nitrogens with zero attached hydrogens (tertiary/aromatic N) is 5. The fourth-order valence-corrected chi connectivity index (χ4v) is 4.61. The van der Waals surface area contributed by atoms with Crippen molar-refractivity contribution in [1.29, 1.82) is 0 Å². The zero-order valence-electron chi connectivity index (χ0n) is 17.3. The predicted octanol–water partition coefficient (Wildman–Crippen LogP) is 5.59. The van der Waals surface area contributed by atoms with Crippen LogP contribution in [0.15, 0.2) is 42.6 Å². The van der Waals surface area contributed by atoms with Crippen molar-refractivity contribution in [2.24, 2.45) is 0 Å². The van der Waals surface area contributed by atoms with Crippen LogP contribution in [0.3, 0.4) is 0 Å². The van der Waals surface area contributed by atoms with E-state index in [0.29, 0.717) is 22.4 Å². The topological polar surface area (TPSA) is 63.9 Å². The van der Waals surface area contributed by atoms with Crippen LogP contribution in [0, 0.1) is 13.8 Å². The fourth-order valence-electron chi connectivity index (χ4n) is 3.29. The van der Waals surface area contributed by atoms with Gasteiger partial charge in [0.05, 0.1) is 33.2 Å². The monoisotopic (exact) mass is 439 g/mol. The van der Waals surface area contributed by atoms with E-state index < -0.39 is 0 Å². The number of amides is 1. The van der Waals surface area contributed by atoms with Gasteiger partial charge in [0, 0.05) is 12.2 Å². The lowest BCUT2D eigenvalue weighted by Crippen LogP contribution is -2.32. The molecule has 0 saturated heterocycles. The molecular formula is C22H22ClN5OS. The summed E-state index contributed by atoms with van der Waals surface area (Å²) in [6.45, 7) is 8.20. The van der Waals surface area contributed by atoms with E-state index in [-0.39, 0.29) is 11.9 Å². The molecule has 4 rings (SSSR count). The first-order chi connectivity index (χ1) is 14.3. The first-order valence-electron chi connectivity index (χ1n) is 9.68. The van der Waals surface area contributed by atoms with E-state index in [1.54, 1.807) is 15.8 Å². The summed E-state index contributed by atoms with van der Waals surface area (Å²) >= 11 is 7.83. The van der Waals surface area contributed by atoms with Crippen molar-refractivity contribution in [2.45, 2.75) is 40.3 Å². The minimum atomic E-state index is -0.164. The molecular weight excluding hydrogens is 418 g/mol. The van der Waals surface area contributed by atoms with Gasteiger partial charge >= 0.3 is 0 Å². The Balaban J connectivity index is 1.84. The number of thiazole rings is 1. The summed E-state index contributed by atoms with van der Waals surface area (Å²) in [5.41, 5.74) is 3.94. The molecule has 30 heavy (non-hydrogen) atoms. The number of carbonyl (C=O) groups excluding carboxylic acids is 1. The van der Waals surface area contributed by atoms with Crippen LogP contribution in [0.25, 0.3) is 10.2 Å². The highest BCUT2D eigenvalue weighted by Gasteiger charge is 2.27. The van der Waals surface area contributed by atoms with Gasteiger partial charge in [0.15, 0.2) is 5.13 Å². The minimum absolute atomic E-state index is 0.0569. The number of fused-ring (bicyclic) bond motifs is 1. The van der Waals surface area contributed by atoms with Crippen LogP contribution in [-0.4, -0.2) is 25.7 Å². The number of carbonyl (C=O) groups is 1. The standard InChI is InChI=1S/C22H22ClN5OS/c1-13(2)28-18(11-15(4)26-28)21(29)27(12-16-7-5-6-10-24-16)22-25-19-14(3)8-9-17(23)20(19)30-22/h5-11,13H,12H2,1-4H3. The van der Waals surface area contributed by atoms with E-state index in [1.807, 2.05) is 64.1 Å². The van der Waals surface area contributed by atoms with E-state index in [4.69, 9.17) is 16.6 Å². The van der Waals surface area contributed by atoms with Gasteiger partial charge in [-0.25, -0.2) is 4.98 Å². The van der Waals surface area contributed by atoms with Crippen LogP contribution in [0.1, 0.15) is 47.3 Å². The Kier molecular flexibility index (Phi) is 5.58. The van der Waals surface area contributed by atoms with E-state index in [2.05, 4.69) is 10.1 Å². The Hall–Kier alpha value is -2.77. The van der Waals surface area contributed by atoms with E-state index in [9.17, 15) is 4.79 Å². The Morgan fingerprint density at radius 2 is 2.03 bits per heavy atom. The summed E-state index contributed by atoms with van der Waals surface area (Å²) in [7, 11) is 0. The molecule has 0 atom stereocenters. The van der Waals surface area contributed by atoms with Crippen LogP contribution in [0.2, 0.25) is 5.02 Å². The molecule has 0 spiro atoms. The zero-order chi connectivity index (χ0) is 21.4. The molecule has 3 aromatic heterocycles. The van der Waals surface area contributed by atoms with Gasteiger partial charge in [0.25, 0.3) is 5.91 Å². The van der Waals surface area contributed by atoms with Gasteiger partial charge in [-0.2, -0.15) is 5.10 Å². The smallest absolute Gasteiger partial charge is 0.277 e. The SMILES string of the molecule is Cc1cc(C(=O)N(Cc2ccccn2)c2nc3c(C)ccc(Cl)c3s2)n(C(C)C)n1. The first kappa shape index (κ1) is 20.5. The molecule has 6 nitrogen and oxygen atoms in total. The van der Waals surface area contributed by atoms with Gasteiger partial charge in [0.2, 0.25) is 0 Å². The molecule has 0 N–H and O–H groups in total. The lowest BCUT2D eigenvalue weighted by atomic mass is 10.2. The Morgan fingerprint density at radius 3 is 2.70 bits per heavy atom. The van der Waals surface area contributed by atoms with Gasteiger partial charge in [-0.15, -0.1) is 0 Å². The van der Waals surface area contributed by atoms with E-state index in [0.717, 1.165) is 27.2 Å². The van der Waals surface area contributed by atoms with Crippen LogP contribution >= 0.6 is 22.9 Å². The summed E-state index contributed by atoms with van der Waals surface area (Å²) < 4.78 is 2.63. The van der Waals surface area contributed by atoms with E-state index >= 15 is 0 Å².